The van der Waals surface area contributed by atoms with Gasteiger partial charge in [-0.05, 0) is 18.6 Å². The Hall–Kier alpha value is 0.310. The number of nitrogens with zero attached hydrogens (tertiary/aromatic N) is 1. The zero-order valence-electron chi connectivity index (χ0n) is 12.6. The van der Waals surface area contributed by atoms with Crippen LogP contribution in [0.15, 0.2) is 0 Å². The van der Waals surface area contributed by atoms with Gasteiger partial charge in [0.1, 0.15) is 5.88 Å². The summed E-state index contributed by atoms with van der Waals surface area (Å²) in [5.41, 5.74) is 0. The standard InChI is InChI=1S/C15H34NS/c1-5-7-8-9-10-11-12-13-14-16(3,4)15-17-6-2/h5-15H2,1-4H3/q+1. The summed E-state index contributed by atoms with van der Waals surface area (Å²) < 4.78 is 1.19. The average molecular weight is 261 g/mol. The maximum Gasteiger partial charge on any atom is 0.125 e. The molecule has 0 saturated heterocycles. The van der Waals surface area contributed by atoms with Crippen LogP contribution in [0.2, 0.25) is 0 Å². The molecule has 0 aromatic heterocycles. The quantitative estimate of drug-likeness (QED) is 0.273. The molecule has 0 bridgehead atoms. The minimum atomic E-state index is 1.19. The Bertz CT molecular complexity index is 157. The predicted molar refractivity (Wildman–Crippen MR) is 82.6 cm³/mol. The van der Waals surface area contributed by atoms with Gasteiger partial charge in [0.25, 0.3) is 0 Å². The van der Waals surface area contributed by atoms with Gasteiger partial charge >= 0.3 is 0 Å². The van der Waals surface area contributed by atoms with E-state index in [9.17, 15) is 0 Å². The SMILES string of the molecule is CCCCCCCCCC[N+](C)(C)CSCC. The van der Waals surface area contributed by atoms with Crippen LogP contribution >= 0.6 is 11.8 Å². The van der Waals surface area contributed by atoms with E-state index in [0.29, 0.717) is 0 Å². The summed E-state index contributed by atoms with van der Waals surface area (Å²) in [5, 5.41) is 0. The molecular weight excluding hydrogens is 226 g/mol. The summed E-state index contributed by atoms with van der Waals surface area (Å²) in [6, 6.07) is 0. The maximum absolute atomic E-state index is 2.36. The molecule has 0 aliphatic heterocycles. The number of quaternary nitrogens is 1. The van der Waals surface area contributed by atoms with Crippen molar-refractivity contribution in [2.75, 3.05) is 32.3 Å². The van der Waals surface area contributed by atoms with Crippen molar-refractivity contribution in [1.29, 1.82) is 0 Å². The predicted octanol–water partition coefficient (Wildman–Crippen LogP) is 4.91. The van der Waals surface area contributed by atoms with Crippen molar-refractivity contribution in [2.24, 2.45) is 0 Å². The summed E-state index contributed by atoms with van der Waals surface area (Å²) in [7, 11) is 4.73. The summed E-state index contributed by atoms with van der Waals surface area (Å²) in [6.07, 6.45) is 11.4. The van der Waals surface area contributed by atoms with Crippen LogP contribution in [0.4, 0.5) is 0 Å². The normalized spacial score (nSPS) is 12.0. The fraction of sp³-hybridized carbons (Fsp3) is 1.00. The van der Waals surface area contributed by atoms with Crippen molar-refractivity contribution >= 4 is 11.8 Å². The molecule has 1 nitrogen and oxygen atoms in total. The van der Waals surface area contributed by atoms with Gasteiger partial charge in [-0.2, -0.15) is 0 Å². The fourth-order valence-corrected chi connectivity index (χ4v) is 2.88. The molecule has 0 heterocycles. The zero-order chi connectivity index (χ0) is 13.0. The van der Waals surface area contributed by atoms with Gasteiger partial charge in [0.15, 0.2) is 0 Å². The third-order valence-electron chi connectivity index (χ3n) is 3.26. The first-order valence-corrected chi connectivity index (χ1v) is 8.67. The molecule has 17 heavy (non-hydrogen) atoms. The summed E-state index contributed by atoms with van der Waals surface area (Å²) in [4.78, 5) is 0. The van der Waals surface area contributed by atoms with Crippen molar-refractivity contribution in [1.82, 2.24) is 0 Å². The number of rotatable bonds is 12. The van der Waals surface area contributed by atoms with Crippen LogP contribution in [-0.2, 0) is 0 Å². The summed E-state index contributed by atoms with van der Waals surface area (Å²) in [5.74, 6) is 2.52. The zero-order valence-corrected chi connectivity index (χ0v) is 13.5. The third kappa shape index (κ3) is 12.6. The van der Waals surface area contributed by atoms with Gasteiger partial charge in [-0.3, -0.25) is 0 Å². The molecule has 0 aromatic rings. The van der Waals surface area contributed by atoms with Crippen LogP contribution in [0.1, 0.15) is 65.2 Å². The molecule has 0 spiro atoms. The number of unbranched alkanes of at least 4 members (excludes halogenated alkanes) is 7. The van der Waals surface area contributed by atoms with E-state index in [1.165, 1.54) is 74.0 Å². The van der Waals surface area contributed by atoms with Gasteiger partial charge in [-0.1, -0.05) is 52.4 Å². The number of thioether (sulfide) groups is 1. The molecule has 104 valence electrons. The second-order valence-electron chi connectivity index (χ2n) is 5.76. The average Bonchev–Trinajstić information content (AvgIpc) is 2.30. The first-order valence-electron chi connectivity index (χ1n) is 7.52. The van der Waals surface area contributed by atoms with Gasteiger partial charge in [0, 0.05) is 0 Å². The van der Waals surface area contributed by atoms with Crippen LogP contribution in [-0.4, -0.2) is 36.8 Å². The van der Waals surface area contributed by atoms with Crippen molar-refractivity contribution < 1.29 is 4.48 Å². The van der Waals surface area contributed by atoms with Gasteiger partial charge in [-0.15, -0.1) is 11.8 Å². The second kappa shape index (κ2) is 11.4. The Morgan fingerprint density at radius 3 is 1.82 bits per heavy atom. The molecule has 0 aliphatic carbocycles. The van der Waals surface area contributed by atoms with E-state index < -0.39 is 0 Å². The lowest BCUT2D eigenvalue weighted by Gasteiger charge is -2.29. The van der Waals surface area contributed by atoms with E-state index in [2.05, 4.69) is 39.7 Å². The molecule has 0 N–H and O–H groups in total. The van der Waals surface area contributed by atoms with Gasteiger partial charge < -0.3 is 4.48 Å². The minimum Gasteiger partial charge on any atom is -0.320 e. The van der Waals surface area contributed by atoms with Crippen LogP contribution in [0.5, 0.6) is 0 Å². The third-order valence-corrected chi connectivity index (χ3v) is 4.55. The first-order chi connectivity index (χ1) is 8.12. The van der Waals surface area contributed by atoms with E-state index >= 15 is 0 Å². The topological polar surface area (TPSA) is 0 Å². The van der Waals surface area contributed by atoms with Gasteiger partial charge in [0.05, 0.1) is 20.6 Å². The lowest BCUT2D eigenvalue weighted by molar-refractivity contribution is -0.877. The molecule has 0 rings (SSSR count). The van der Waals surface area contributed by atoms with E-state index in [1.54, 1.807) is 0 Å². The molecule has 0 atom stereocenters. The van der Waals surface area contributed by atoms with Gasteiger partial charge in [0.2, 0.25) is 0 Å². The lowest BCUT2D eigenvalue weighted by Crippen LogP contribution is -2.39. The van der Waals surface area contributed by atoms with E-state index in [-0.39, 0.29) is 0 Å². The van der Waals surface area contributed by atoms with Crippen molar-refractivity contribution in [3.8, 4) is 0 Å². The molecule has 0 fully saturated rings. The Balaban J connectivity index is 3.26. The molecular formula is C15H34NS+. The maximum atomic E-state index is 2.36. The van der Waals surface area contributed by atoms with Crippen LogP contribution < -0.4 is 0 Å². The molecule has 0 unspecified atom stereocenters. The molecule has 0 aromatic carbocycles. The fourth-order valence-electron chi connectivity index (χ4n) is 2.08. The highest BCUT2D eigenvalue weighted by Gasteiger charge is 2.13. The van der Waals surface area contributed by atoms with Crippen LogP contribution in [0.3, 0.4) is 0 Å². The van der Waals surface area contributed by atoms with Crippen molar-refractivity contribution in [3.05, 3.63) is 0 Å². The van der Waals surface area contributed by atoms with Crippen molar-refractivity contribution in [3.63, 3.8) is 0 Å². The van der Waals surface area contributed by atoms with E-state index in [1.807, 2.05) is 0 Å². The molecule has 0 radical (unpaired) electrons. The highest BCUT2D eigenvalue weighted by molar-refractivity contribution is 7.99. The van der Waals surface area contributed by atoms with E-state index in [0.717, 1.165) is 0 Å². The summed E-state index contributed by atoms with van der Waals surface area (Å²) >= 11 is 2.06. The van der Waals surface area contributed by atoms with Crippen LogP contribution in [0, 0.1) is 0 Å². The Morgan fingerprint density at radius 2 is 1.29 bits per heavy atom. The number of hydrogen-bond donors (Lipinski definition) is 0. The highest BCUT2D eigenvalue weighted by Crippen LogP contribution is 2.12. The Morgan fingerprint density at radius 1 is 0.765 bits per heavy atom. The first kappa shape index (κ1) is 17.3. The smallest absolute Gasteiger partial charge is 0.125 e. The second-order valence-corrected chi connectivity index (χ2v) is 7.00. The van der Waals surface area contributed by atoms with Gasteiger partial charge in [-0.25, -0.2) is 0 Å². The molecule has 0 amide bonds. The van der Waals surface area contributed by atoms with E-state index in [4.69, 9.17) is 0 Å². The molecule has 0 saturated carbocycles. The monoisotopic (exact) mass is 260 g/mol. The minimum absolute atomic E-state index is 1.19. The largest absolute Gasteiger partial charge is 0.320 e. The lowest BCUT2D eigenvalue weighted by atomic mass is 10.1. The summed E-state index contributed by atoms with van der Waals surface area (Å²) in [6.45, 7) is 5.89. The van der Waals surface area contributed by atoms with Crippen LogP contribution in [0.25, 0.3) is 0 Å². The number of hydrogen-bond acceptors (Lipinski definition) is 1. The van der Waals surface area contributed by atoms with Crippen molar-refractivity contribution in [2.45, 2.75) is 65.2 Å². The Labute approximate surface area is 114 Å². The molecule has 0 aliphatic rings. The highest BCUT2D eigenvalue weighted by atomic mass is 32.2. The Kier molecular flexibility index (Phi) is 11.6. The molecule has 2 heteroatoms.